The molecule has 0 saturated heterocycles. The van der Waals surface area contributed by atoms with Gasteiger partial charge in [-0.2, -0.15) is 0 Å². The van der Waals surface area contributed by atoms with Crippen LogP contribution in [0.15, 0.2) is 42.6 Å². The van der Waals surface area contributed by atoms with E-state index in [2.05, 4.69) is 25.6 Å². The van der Waals surface area contributed by atoms with E-state index in [4.69, 9.17) is 0 Å². The lowest BCUT2D eigenvalue weighted by Gasteiger charge is -2.10. The summed E-state index contributed by atoms with van der Waals surface area (Å²) in [6.45, 7) is 1.36. The van der Waals surface area contributed by atoms with E-state index < -0.39 is 0 Å². The Labute approximate surface area is 163 Å². The topological polar surface area (TPSA) is 103 Å². The standard InChI is InChI=1S/C20H24N6O2/c1-26(2)13-12-22-20(28)14-5-7-15(8-6-14)23-18(27)10-9-17-24-16-4-3-11-21-19(16)25-17/h3-8,11H,9-10,12-13H2,1-2H3,(H,22,28)(H,23,27)(H,21,24,25). The molecule has 2 heterocycles. The van der Waals surface area contributed by atoms with Crippen molar-refractivity contribution in [1.82, 2.24) is 25.2 Å². The first-order valence-electron chi connectivity index (χ1n) is 9.14. The minimum atomic E-state index is -0.127. The van der Waals surface area contributed by atoms with Crippen molar-refractivity contribution in [3.63, 3.8) is 0 Å². The lowest BCUT2D eigenvalue weighted by molar-refractivity contribution is -0.116. The molecule has 0 aliphatic carbocycles. The molecular formula is C20H24N6O2. The van der Waals surface area contributed by atoms with Gasteiger partial charge in [-0.05, 0) is 50.5 Å². The summed E-state index contributed by atoms with van der Waals surface area (Å²) in [6, 6.07) is 10.6. The van der Waals surface area contributed by atoms with E-state index in [1.807, 2.05) is 31.1 Å². The normalized spacial score (nSPS) is 11.0. The third-order valence-electron chi connectivity index (χ3n) is 4.17. The molecule has 0 aliphatic heterocycles. The highest BCUT2D eigenvalue weighted by Crippen LogP contribution is 2.12. The zero-order valence-electron chi connectivity index (χ0n) is 16.0. The van der Waals surface area contributed by atoms with Gasteiger partial charge in [-0.3, -0.25) is 9.59 Å². The number of pyridine rings is 1. The first-order chi connectivity index (χ1) is 13.5. The largest absolute Gasteiger partial charge is 0.351 e. The molecule has 3 aromatic rings. The zero-order valence-corrected chi connectivity index (χ0v) is 16.0. The van der Waals surface area contributed by atoms with E-state index in [1.54, 1.807) is 30.5 Å². The van der Waals surface area contributed by atoms with Crippen LogP contribution in [-0.4, -0.2) is 58.9 Å². The minimum Gasteiger partial charge on any atom is -0.351 e. The van der Waals surface area contributed by atoms with E-state index in [1.165, 1.54) is 0 Å². The highest BCUT2D eigenvalue weighted by molar-refractivity contribution is 5.95. The second-order valence-electron chi connectivity index (χ2n) is 6.74. The fourth-order valence-electron chi connectivity index (χ4n) is 2.67. The summed E-state index contributed by atoms with van der Waals surface area (Å²) < 4.78 is 0. The molecule has 2 amide bonds. The summed E-state index contributed by atoms with van der Waals surface area (Å²) in [4.78, 5) is 37.9. The third-order valence-corrected chi connectivity index (χ3v) is 4.17. The maximum atomic E-state index is 12.2. The Morgan fingerprint density at radius 2 is 1.93 bits per heavy atom. The molecule has 28 heavy (non-hydrogen) atoms. The number of carbonyl (C=O) groups is 2. The predicted molar refractivity (Wildman–Crippen MR) is 108 cm³/mol. The fourth-order valence-corrected chi connectivity index (χ4v) is 2.67. The van der Waals surface area contributed by atoms with Crippen LogP contribution in [0.4, 0.5) is 5.69 Å². The van der Waals surface area contributed by atoms with Crippen molar-refractivity contribution in [1.29, 1.82) is 0 Å². The van der Waals surface area contributed by atoms with Gasteiger partial charge in [0.2, 0.25) is 5.91 Å². The summed E-state index contributed by atoms with van der Waals surface area (Å²) in [7, 11) is 3.91. The first kappa shape index (κ1) is 19.5. The molecule has 3 N–H and O–H groups in total. The second-order valence-corrected chi connectivity index (χ2v) is 6.74. The van der Waals surface area contributed by atoms with Crippen LogP contribution in [0.2, 0.25) is 0 Å². The highest BCUT2D eigenvalue weighted by Gasteiger charge is 2.09. The number of benzene rings is 1. The number of anilines is 1. The van der Waals surface area contributed by atoms with Crippen LogP contribution in [0, 0.1) is 0 Å². The highest BCUT2D eigenvalue weighted by atomic mass is 16.2. The number of aromatic amines is 1. The number of fused-ring (bicyclic) bond motifs is 1. The molecular weight excluding hydrogens is 356 g/mol. The Kier molecular flexibility index (Phi) is 6.33. The average molecular weight is 380 g/mol. The van der Waals surface area contributed by atoms with Gasteiger partial charge < -0.3 is 20.5 Å². The number of nitrogens with zero attached hydrogens (tertiary/aromatic N) is 3. The molecule has 0 saturated carbocycles. The van der Waals surface area contributed by atoms with E-state index in [-0.39, 0.29) is 11.8 Å². The first-order valence-corrected chi connectivity index (χ1v) is 9.14. The van der Waals surface area contributed by atoms with Gasteiger partial charge in [-0.25, -0.2) is 9.97 Å². The molecule has 0 unspecified atom stereocenters. The second kappa shape index (κ2) is 9.09. The number of H-pyrrole nitrogens is 1. The van der Waals surface area contributed by atoms with Crippen LogP contribution >= 0.6 is 0 Å². The molecule has 0 aliphatic rings. The monoisotopic (exact) mass is 380 g/mol. The molecule has 146 valence electrons. The lowest BCUT2D eigenvalue weighted by Crippen LogP contribution is -2.31. The summed E-state index contributed by atoms with van der Waals surface area (Å²) in [5.41, 5.74) is 2.72. The molecule has 0 fully saturated rings. The molecule has 3 rings (SSSR count). The Balaban J connectivity index is 1.48. The molecule has 8 nitrogen and oxygen atoms in total. The molecule has 0 spiro atoms. The number of hydrogen-bond donors (Lipinski definition) is 3. The van der Waals surface area contributed by atoms with Crippen molar-refractivity contribution in [2.24, 2.45) is 0 Å². The number of imidazole rings is 1. The van der Waals surface area contributed by atoms with Crippen LogP contribution in [0.5, 0.6) is 0 Å². The van der Waals surface area contributed by atoms with Gasteiger partial charge in [0.15, 0.2) is 5.65 Å². The molecule has 0 atom stereocenters. The molecule has 8 heteroatoms. The van der Waals surface area contributed by atoms with Gasteiger partial charge >= 0.3 is 0 Å². The van der Waals surface area contributed by atoms with E-state index in [0.717, 1.165) is 17.9 Å². The molecule has 0 bridgehead atoms. The van der Waals surface area contributed by atoms with Crippen LogP contribution in [0.3, 0.4) is 0 Å². The summed E-state index contributed by atoms with van der Waals surface area (Å²) >= 11 is 0. The average Bonchev–Trinajstić information content (AvgIpc) is 3.09. The van der Waals surface area contributed by atoms with Crippen molar-refractivity contribution in [2.75, 3.05) is 32.5 Å². The Morgan fingerprint density at radius 3 is 2.64 bits per heavy atom. The predicted octanol–water partition coefficient (Wildman–Crippen LogP) is 1.82. The van der Waals surface area contributed by atoms with Gasteiger partial charge in [-0.1, -0.05) is 0 Å². The Bertz CT molecular complexity index is 916. The number of nitrogens with one attached hydrogen (secondary N) is 3. The molecule has 0 radical (unpaired) electrons. The van der Waals surface area contributed by atoms with Gasteiger partial charge in [0.1, 0.15) is 5.82 Å². The number of carbonyl (C=O) groups excluding carboxylic acids is 2. The summed E-state index contributed by atoms with van der Waals surface area (Å²) in [6.07, 6.45) is 2.48. The maximum Gasteiger partial charge on any atom is 0.251 e. The van der Waals surface area contributed by atoms with Crippen molar-refractivity contribution >= 4 is 28.7 Å². The smallest absolute Gasteiger partial charge is 0.251 e. The van der Waals surface area contributed by atoms with E-state index in [9.17, 15) is 9.59 Å². The summed E-state index contributed by atoms with van der Waals surface area (Å²) in [5.74, 6) is 0.489. The van der Waals surface area contributed by atoms with Gasteiger partial charge in [0.25, 0.3) is 5.91 Å². The van der Waals surface area contributed by atoms with E-state index in [0.29, 0.717) is 36.3 Å². The van der Waals surface area contributed by atoms with Crippen LogP contribution in [-0.2, 0) is 11.2 Å². The number of amides is 2. The fraction of sp³-hybridized carbons (Fsp3) is 0.300. The number of aromatic nitrogens is 3. The lowest BCUT2D eigenvalue weighted by atomic mass is 10.2. The van der Waals surface area contributed by atoms with Gasteiger partial charge in [-0.15, -0.1) is 0 Å². The minimum absolute atomic E-state index is 0.114. The number of rotatable bonds is 8. The summed E-state index contributed by atoms with van der Waals surface area (Å²) in [5, 5.41) is 5.69. The SMILES string of the molecule is CN(C)CCNC(=O)c1ccc(NC(=O)CCc2nc3ncccc3[nH]2)cc1. The van der Waals surface area contributed by atoms with Crippen LogP contribution in [0.25, 0.3) is 11.2 Å². The van der Waals surface area contributed by atoms with Gasteiger partial charge in [0.05, 0.1) is 5.52 Å². The Hall–Kier alpha value is -3.26. The zero-order chi connectivity index (χ0) is 19.9. The number of likely N-dealkylation sites (N-methyl/N-ethyl adjacent to an activating group) is 1. The quantitative estimate of drug-likeness (QED) is 0.553. The van der Waals surface area contributed by atoms with Crippen LogP contribution < -0.4 is 10.6 Å². The Morgan fingerprint density at radius 1 is 1.14 bits per heavy atom. The van der Waals surface area contributed by atoms with Gasteiger partial charge in [0, 0.05) is 43.4 Å². The number of hydrogen-bond acceptors (Lipinski definition) is 5. The van der Waals surface area contributed by atoms with Crippen molar-refractivity contribution in [3.05, 3.63) is 54.0 Å². The van der Waals surface area contributed by atoms with Crippen LogP contribution in [0.1, 0.15) is 22.6 Å². The number of aryl methyl sites for hydroxylation is 1. The van der Waals surface area contributed by atoms with Crippen molar-refractivity contribution in [2.45, 2.75) is 12.8 Å². The third kappa shape index (κ3) is 5.37. The van der Waals surface area contributed by atoms with Crippen molar-refractivity contribution < 1.29 is 9.59 Å². The van der Waals surface area contributed by atoms with Crippen molar-refractivity contribution in [3.8, 4) is 0 Å². The maximum absolute atomic E-state index is 12.2. The molecule has 2 aromatic heterocycles. The van der Waals surface area contributed by atoms with E-state index >= 15 is 0 Å². The molecule has 1 aromatic carbocycles.